The first-order valence-corrected chi connectivity index (χ1v) is 8.64. The maximum absolute atomic E-state index is 13.0. The third-order valence-corrected chi connectivity index (χ3v) is 4.06. The molecule has 150 valence electrons. The molecule has 1 heterocycles. The molecule has 0 spiro atoms. The summed E-state index contributed by atoms with van der Waals surface area (Å²) in [5.74, 6) is 0.844. The smallest absolute Gasteiger partial charge is 0.257 e. The topological polar surface area (TPSA) is 81.7 Å². The van der Waals surface area contributed by atoms with E-state index in [9.17, 15) is 9.18 Å². The molecule has 0 radical (unpaired) electrons. The van der Waals surface area contributed by atoms with Gasteiger partial charge in [0.2, 0.25) is 5.75 Å². The van der Waals surface area contributed by atoms with Gasteiger partial charge in [-0.1, -0.05) is 0 Å². The average Bonchev–Trinajstić information content (AvgIpc) is 2.75. The number of nitrogens with zero attached hydrogens (tertiary/aromatic N) is 1. The van der Waals surface area contributed by atoms with Crippen LogP contribution in [0.1, 0.15) is 10.4 Å². The minimum absolute atomic E-state index is 0.307. The van der Waals surface area contributed by atoms with Crippen LogP contribution in [0.15, 0.2) is 54.7 Å². The Bertz CT molecular complexity index is 967. The molecule has 0 aliphatic heterocycles. The van der Waals surface area contributed by atoms with Crippen LogP contribution in [0.2, 0.25) is 0 Å². The van der Waals surface area contributed by atoms with Crippen LogP contribution in [0.4, 0.5) is 21.6 Å². The van der Waals surface area contributed by atoms with Gasteiger partial charge < -0.3 is 24.8 Å². The zero-order chi connectivity index (χ0) is 20.8. The highest BCUT2D eigenvalue weighted by atomic mass is 19.1. The maximum atomic E-state index is 13.0. The summed E-state index contributed by atoms with van der Waals surface area (Å²) in [5, 5.41) is 5.81. The number of nitrogens with one attached hydrogen (secondary N) is 2. The maximum Gasteiger partial charge on any atom is 0.257 e. The molecule has 7 nitrogen and oxygen atoms in total. The molecule has 2 N–H and O–H groups in total. The Morgan fingerprint density at radius 2 is 1.52 bits per heavy atom. The molecule has 1 aromatic heterocycles. The molecule has 0 saturated heterocycles. The highest BCUT2D eigenvalue weighted by Gasteiger charge is 2.17. The Kier molecular flexibility index (Phi) is 6.13. The predicted octanol–water partition coefficient (Wildman–Crippen LogP) is 4.24. The van der Waals surface area contributed by atoms with Gasteiger partial charge >= 0.3 is 0 Å². The number of methoxy groups -OCH3 is 3. The number of hydrogen-bond donors (Lipinski definition) is 2. The first-order valence-electron chi connectivity index (χ1n) is 8.64. The van der Waals surface area contributed by atoms with Crippen LogP contribution in [-0.4, -0.2) is 32.2 Å². The monoisotopic (exact) mass is 397 g/mol. The number of pyridine rings is 1. The lowest BCUT2D eigenvalue weighted by Crippen LogP contribution is -2.13. The number of hydrogen-bond acceptors (Lipinski definition) is 6. The molecule has 8 heteroatoms. The summed E-state index contributed by atoms with van der Waals surface area (Å²) in [5.41, 5.74) is 1.75. The van der Waals surface area contributed by atoms with Crippen LogP contribution in [0.3, 0.4) is 0 Å². The molecule has 29 heavy (non-hydrogen) atoms. The Morgan fingerprint density at radius 1 is 0.897 bits per heavy atom. The van der Waals surface area contributed by atoms with Gasteiger partial charge in [0.05, 0.1) is 33.2 Å². The lowest BCUT2D eigenvalue weighted by atomic mass is 10.1. The summed E-state index contributed by atoms with van der Waals surface area (Å²) in [6.45, 7) is 0. The molecular formula is C21H20FN3O4. The summed E-state index contributed by atoms with van der Waals surface area (Å²) < 4.78 is 28.8. The lowest BCUT2D eigenvalue weighted by Gasteiger charge is -2.14. The zero-order valence-electron chi connectivity index (χ0n) is 16.2. The number of aromatic nitrogens is 1. The van der Waals surface area contributed by atoms with Crippen LogP contribution in [-0.2, 0) is 0 Å². The van der Waals surface area contributed by atoms with Crippen molar-refractivity contribution in [3.63, 3.8) is 0 Å². The van der Waals surface area contributed by atoms with Crippen molar-refractivity contribution < 1.29 is 23.4 Å². The van der Waals surface area contributed by atoms with Crippen LogP contribution in [0, 0.1) is 5.82 Å². The molecule has 3 rings (SSSR count). The predicted molar refractivity (Wildman–Crippen MR) is 108 cm³/mol. The minimum Gasteiger partial charge on any atom is -0.493 e. The molecule has 1 amide bonds. The number of amides is 1. The molecular weight excluding hydrogens is 377 g/mol. The van der Waals surface area contributed by atoms with Gasteiger partial charge in [-0.3, -0.25) is 4.79 Å². The molecule has 0 aliphatic rings. The highest BCUT2D eigenvalue weighted by molar-refractivity contribution is 6.04. The second-order valence-electron chi connectivity index (χ2n) is 5.93. The van der Waals surface area contributed by atoms with Crippen LogP contribution >= 0.6 is 0 Å². The van der Waals surface area contributed by atoms with Gasteiger partial charge in [-0.05, 0) is 48.5 Å². The molecule has 3 aromatic rings. The Morgan fingerprint density at radius 3 is 2.03 bits per heavy atom. The van der Waals surface area contributed by atoms with Crippen molar-refractivity contribution in [2.45, 2.75) is 0 Å². The van der Waals surface area contributed by atoms with Crippen LogP contribution in [0.5, 0.6) is 17.2 Å². The third-order valence-electron chi connectivity index (χ3n) is 4.06. The SMILES string of the molecule is COc1cc(C(=O)Nc2ccc(Nc3ccc(F)cc3)cn2)cc(OC)c1OC. The summed E-state index contributed by atoms with van der Waals surface area (Å²) in [7, 11) is 4.45. The van der Waals surface area contributed by atoms with Crippen molar-refractivity contribution in [2.24, 2.45) is 0 Å². The Balaban J connectivity index is 1.73. The largest absolute Gasteiger partial charge is 0.493 e. The molecule has 0 fully saturated rings. The van der Waals surface area contributed by atoms with Gasteiger partial charge in [0.1, 0.15) is 11.6 Å². The van der Waals surface area contributed by atoms with Crippen molar-refractivity contribution in [1.82, 2.24) is 4.98 Å². The summed E-state index contributed by atoms with van der Waals surface area (Å²) >= 11 is 0. The average molecular weight is 397 g/mol. The Hall–Kier alpha value is -3.81. The van der Waals surface area contributed by atoms with Gasteiger partial charge in [-0.25, -0.2) is 9.37 Å². The summed E-state index contributed by atoms with van der Waals surface area (Å²) in [4.78, 5) is 16.8. The highest BCUT2D eigenvalue weighted by Crippen LogP contribution is 2.38. The van der Waals surface area contributed by atoms with Gasteiger partial charge in [0, 0.05) is 11.3 Å². The number of carbonyl (C=O) groups is 1. The summed E-state index contributed by atoms with van der Waals surface area (Å²) in [6.07, 6.45) is 1.56. The Labute approximate surface area is 167 Å². The zero-order valence-corrected chi connectivity index (χ0v) is 16.2. The van der Waals surface area contributed by atoms with Gasteiger partial charge in [-0.2, -0.15) is 0 Å². The van der Waals surface area contributed by atoms with E-state index in [1.54, 1.807) is 42.6 Å². The van der Waals surface area contributed by atoms with E-state index in [0.717, 1.165) is 5.69 Å². The quantitative estimate of drug-likeness (QED) is 0.621. The van der Waals surface area contributed by atoms with E-state index in [-0.39, 0.29) is 11.7 Å². The molecule has 0 saturated carbocycles. The molecule has 0 atom stereocenters. The third kappa shape index (κ3) is 4.73. The number of anilines is 3. The minimum atomic E-state index is -0.379. The second kappa shape index (κ2) is 8.92. The van der Waals surface area contributed by atoms with Crippen molar-refractivity contribution in [3.05, 3.63) is 66.1 Å². The molecule has 0 bridgehead atoms. The fraction of sp³-hybridized carbons (Fsp3) is 0.143. The van der Waals surface area contributed by atoms with E-state index < -0.39 is 0 Å². The summed E-state index contributed by atoms with van der Waals surface area (Å²) in [6, 6.07) is 12.5. The van der Waals surface area contributed by atoms with E-state index in [1.165, 1.54) is 33.5 Å². The first-order chi connectivity index (χ1) is 14.0. The molecule has 0 aliphatic carbocycles. The number of carbonyl (C=O) groups excluding carboxylic acids is 1. The normalized spacial score (nSPS) is 10.2. The van der Waals surface area contributed by atoms with Crippen molar-refractivity contribution in [2.75, 3.05) is 32.0 Å². The van der Waals surface area contributed by atoms with Gasteiger partial charge in [0.15, 0.2) is 11.5 Å². The fourth-order valence-electron chi connectivity index (χ4n) is 2.64. The first kappa shape index (κ1) is 19.9. The number of rotatable bonds is 7. The van der Waals surface area contributed by atoms with Crippen LogP contribution < -0.4 is 24.8 Å². The van der Waals surface area contributed by atoms with E-state index >= 15 is 0 Å². The van der Waals surface area contributed by atoms with E-state index in [4.69, 9.17) is 14.2 Å². The van der Waals surface area contributed by atoms with E-state index in [2.05, 4.69) is 15.6 Å². The standard InChI is InChI=1S/C21H20FN3O4/c1-27-17-10-13(11-18(28-2)20(17)29-3)21(26)25-19-9-8-16(12-23-19)24-15-6-4-14(22)5-7-15/h4-12,24H,1-3H3,(H,23,25,26). The number of ether oxygens (including phenoxy) is 3. The second-order valence-corrected chi connectivity index (χ2v) is 5.93. The van der Waals surface area contributed by atoms with Gasteiger partial charge in [0.25, 0.3) is 5.91 Å². The number of halogens is 1. The molecule has 0 unspecified atom stereocenters. The number of benzene rings is 2. The van der Waals surface area contributed by atoms with Gasteiger partial charge in [-0.15, -0.1) is 0 Å². The fourth-order valence-corrected chi connectivity index (χ4v) is 2.64. The van der Waals surface area contributed by atoms with Crippen LogP contribution in [0.25, 0.3) is 0 Å². The van der Waals surface area contributed by atoms with E-state index in [1.807, 2.05) is 0 Å². The van der Waals surface area contributed by atoms with E-state index in [0.29, 0.717) is 34.3 Å². The van der Waals surface area contributed by atoms with Crippen molar-refractivity contribution in [1.29, 1.82) is 0 Å². The van der Waals surface area contributed by atoms with Crippen molar-refractivity contribution in [3.8, 4) is 17.2 Å². The molecule has 2 aromatic carbocycles. The van der Waals surface area contributed by atoms with Crippen molar-refractivity contribution >= 4 is 23.1 Å². The lowest BCUT2D eigenvalue weighted by molar-refractivity contribution is 0.102.